The molecule has 22 heavy (non-hydrogen) atoms. The summed E-state index contributed by atoms with van der Waals surface area (Å²) in [6, 6.07) is 4.91. The van der Waals surface area contributed by atoms with Crippen LogP contribution in [0.1, 0.15) is 32.4 Å². The molecule has 0 fully saturated rings. The number of aliphatic hydroxyl groups is 1. The Morgan fingerprint density at radius 1 is 1.18 bits per heavy atom. The van der Waals surface area contributed by atoms with E-state index in [1.54, 1.807) is 25.3 Å². The molecule has 126 valence electrons. The van der Waals surface area contributed by atoms with Crippen molar-refractivity contribution in [3.8, 4) is 11.5 Å². The second-order valence-electron chi connectivity index (χ2n) is 6.72. The van der Waals surface area contributed by atoms with Crippen LogP contribution in [0.15, 0.2) is 18.2 Å². The zero-order valence-corrected chi connectivity index (χ0v) is 17.9. The van der Waals surface area contributed by atoms with Crippen LogP contribution in [-0.4, -0.2) is 24.0 Å². The number of rotatable bonds is 5. The van der Waals surface area contributed by atoms with Crippen molar-refractivity contribution >= 4 is 40.2 Å². The fraction of sp³-hybridized carbons (Fsp3) is 0.600. The molecule has 1 unspecified atom stereocenters. The molecule has 0 aliphatic heterocycles. The molecule has 0 aliphatic rings. The molecule has 1 aromatic rings. The average Bonchev–Trinajstić information content (AvgIpc) is 2.34. The number of halogens is 3. The Kier molecular flexibility index (Phi) is 6.15. The summed E-state index contributed by atoms with van der Waals surface area (Å²) in [6.45, 7) is 10.6. The van der Waals surface area contributed by atoms with Gasteiger partial charge in [-0.15, -0.1) is 0 Å². The SMILES string of the molecule is COc1ccc(C(O)C(F)(Br)Br)cc1O[Si](C)(C)C(C)(C)C. The number of ether oxygens (including phenoxy) is 1. The molecule has 3 nitrogen and oxygen atoms in total. The van der Waals surface area contributed by atoms with E-state index in [9.17, 15) is 9.50 Å². The van der Waals surface area contributed by atoms with Crippen LogP contribution in [0.25, 0.3) is 0 Å². The van der Waals surface area contributed by atoms with Gasteiger partial charge in [0.2, 0.25) is 3.49 Å². The van der Waals surface area contributed by atoms with Crippen molar-refractivity contribution in [2.75, 3.05) is 7.11 Å². The number of methoxy groups -OCH3 is 1. The van der Waals surface area contributed by atoms with Crippen molar-refractivity contribution in [2.24, 2.45) is 0 Å². The van der Waals surface area contributed by atoms with Gasteiger partial charge in [0.05, 0.1) is 7.11 Å². The van der Waals surface area contributed by atoms with Gasteiger partial charge >= 0.3 is 0 Å². The zero-order chi connectivity index (χ0) is 17.3. The Bertz CT molecular complexity index is 524. The summed E-state index contributed by atoms with van der Waals surface area (Å²) in [5, 5.41) is 10.1. The van der Waals surface area contributed by atoms with E-state index in [4.69, 9.17) is 9.16 Å². The lowest BCUT2D eigenvalue weighted by Crippen LogP contribution is -2.44. The molecule has 1 atom stereocenters. The predicted octanol–water partition coefficient (Wildman–Crippen LogP) is 5.53. The van der Waals surface area contributed by atoms with E-state index in [-0.39, 0.29) is 5.04 Å². The van der Waals surface area contributed by atoms with Gasteiger partial charge in [-0.1, -0.05) is 26.8 Å². The van der Waals surface area contributed by atoms with Crippen molar-refractivity contribution in [3.05, 3.63) is 23.8 Å². The third kappa shape index (κ3) is 4.69. The third-order valence-electron chi connectivity index (χ3n) is 3.98. The maximum Gasteiger partial charge on any atom is 0.250 e. The van der Waals surface area contributed by atoms with E-state index in [0.29, 0.717) is 17.1 Å². The van der Waals surface area contributed by atoms with Crippen LogP contribution in [0.2, 0.25) is 18.1 Å². The highest BCUT2D eigenvalue weighted by Crippen LogP contribution is 2.44. The number of benzene rings is 1. The Balaban J connectivity index is 3.23. The molecule has 7 heteroatoms. The molecule has 0 aliphatic carbocycles. The van der Waals surface area contributed by atoms with Crippen molar-refractivity contribution in [3.63, 3.8) is 0 Å². The molecule has 0 amide bonds. The first kappa shape index (κ1) is 19.9. The second-order valence-corrected chi connectivity index (χ2v) is 14.8. The summed E-state index contributed by atoms with van der Waals surface area (Å²) in [4.78, 5) is 0. The van der Waals surface area contributed by atoms with Gasteiger partial charge in [-0.3, -0.25) is 0 Å². The first-order valence-corrected chi connectivity index (χ1v) is 11.4. The van der Waals surface area contributed by atoms with Crippen molar-refractivity contribution < 1.29 is 18.7 Å². The molecule has 1 aromatic carbocycles. The quantitative estimate of drug-likeness (QED) is 0.466. The summed E-state index contributed by atoms with van der Waals surface area (Å²) >= 11 is 5.54. The minimum atomic E-state index is -2.09. The number of aliphatic hydroxyl groups excluding tert-OH is 1. The molecule has 1 rings (SSSR count). The Hall–Kier alpha value is -0.113. The van der Waals surface area contributed by atoms with Crippen LogP contribution in [0.3, 0.4) is 0 Å². The fourth-order valence-electron chi connectivity index (χ4n) is 1.56. The van der Waals surface area contributed by atoms with Crippen molar-refractivity contribution in [1.82, 2.24) is 0 Å². The van der Waals surface area contributed by atoms with E-state index in [1.165, 1.54) is 0 Å². The Morgan fingerprint density at radius 3 is 2.14 bits per heavy atom. The molecule has 0 aromatic heterocycles. The monoisotopic (exact) mass is 456 g/mol. The number of hydrogen-bond donors (Lipinski definition) is 1. The number of alkyl halides is 3. The smallest absolute Gasteiger partial charge is 0.250 e. The van der Waals surface area contributed by atoms with Gasteiger partial charge in [0, 0.05) is 0 Å². The van der Waals surface area contributed by atoms with Gasteiger partial charge < -0.3 is 14.3 Å². The van der Waals surface area contributed by atoms with E-state index in [2.05, 4.69) is 65.7 Å². The normalized spacial score (nSPS) is 14.6. The Morgan fingerprint density at radius 2 is 1.73 bits per heavy atom. The van der Waals surface area contributed by atoms with Gasteiger partial charge in [-0.05, 0) is 67.7 Å². The van der Waals surface area contributed by atoms with Crippen LogP contribution in [0, 0.1) is 0 Å². The lowest BCUT2D eigenvalue weighted by Gasteiger charge is -2.37. The summed E-state index contributed by atoms with van der Waals surface area (Å²) in [6.07, 6.45) is -1.37. The van der Waals surface area contributed by atoms with Gasteiger partial charge in [0.15, 0.2) is 5.75 Å². The molecule has 0 bridgehead atoms. The minimum Gasteiger partial charge on any atom is -0.541 e. The molecule has 0 saturated carbocycles. The molecule has 0 heterocycles. The van der Waals surface area contributed by atoms with Crippen LogP contribution < -0.4 is 9.16 Å². The maximum atomic E-state index is 13.8. The van der Waals surface area contributed by atoms with Gasteiger partial charge in [0.25, 0.3) is 8.32 Å². The Labute approximate surface area is 149 Å². The highest BCUT2D eigenvalue weighted by atomic mass is 79.9. The summed E-state index contributed by atoms with van der Waals surface area (Å²) in [5.74, 6) is 1.09. The fourth-order valence-corrected chi connectivity index (χ4v) is 3.10. The topological polar surface area (TPSA) is 38.7 Å². The van der Waals surface area contributed by atoms with Crippen LogP contribution in [0.5, 0.6) is 11.5 Å². The van der Waals surface area contributed by atoms with E-state index in [0.717, 1.165) is 0 Å². The first-order valence-electron chi connectivity index (χ1n) is 6.91. The summed E-state index contributed by atoms with van der Waals surface area (Å²) < 4.78 is 23.3. The standard InChI is InChI=1S/C15H23Br2FO3Si/c1-14(2,3)22(5,6)21-12-9-10(7-8-11(12)20-4)13(19)15(16,17)18/h7-9,13,19H,1-6H3. The average molecular weight is 458 g/mol. The maximum absolute atomic E-state index is 13.8. The van der Waals surface area contributed by atoms with Crippen LogP contribution in [-0.2, 0) is 0 Å². The molecule has 0 saturated heterocycles. The highest BCUT2D eigenvalue weighted by Gasteiger charge is 2.40. The molecular formula is C15H23Br2FO3Si. The molecule has 0 radical (unpaired) electrons. The minimum absolute atomic E-state index is 0.0152. The summed E-state index contributed by atoms with van der Waals surface area (Å²) in [5.41, 5.74) is 0.394. The largest absolute Gasteiger partial charge is 0.541 e. The van der Waals surface area contributed by atoms with Crippen LogP contribution >= 0.6 is 31.9 Å². The van der Waals surface area contributed by atoms with Crippen molar-refractivity contribution in [2.45, 2.75) is 48.5 Å². The lowest BCUT2D eigenvalue weighted by molar-refractivity contribution is 0.114. The molecular weight excluding hydrogens is 435 g/mol. The lowest BCUT2D eigenvalue weighted by atomic mass is 10.1. The van der Waals surface area contributed by atoms with Crippen molar-refractivity contribution in [1.29, 1.82) is 0 Å². The molecule has 0 spiro atoms. The van der Waals surface area contributed by atoms with Gasteiger partial charge in [-0.2, -0.15) is 0 Å². The zero-order valence-electron chi connectivity index (χ0n) is 13.7. The highest BCUT2D eigenvalue weighted by molar-refractivity contribution is 9.25. The van der Waals surface area contributed by atoms with Crippen LogP contribution in [0.4, 0.5) is 4.39 Å². The predicted molar refractivity (Wildman–Crippen MR) is 97.5 cm³/mol. The third-order valence-corrected chi connectivity index (χ3v) is 9.19. The van der Waals surface area contributed by atoms with Gasteiger partial charge in [-0.25, -0.2) is 4.39 Å². The van der Waals surface area contributed by atoms with E-state index in [1.807, 2.05) is 0 Å². The second kappa shape index (κ2) is 6.79. The first-order chi connectivity index (χ1) is 9.79. The molecule has 1 N–H and O–H groups in total. The van der Waals surface area contributed by atoms with Gasteiger partial charge in [0.1, 0.15) is 11.9 Å². The summed E-state index contributed by atoms with van der Waals surface area (Å²) in [7, 11) is -0.522. The van der Waals surface area contributed by atoms with E-state index >= 15 is 0 Å². The van der Waals surface area contributed by atoms with E-state index < -0.39 is 17.9 Å². The number of hydrogen-bond acceptors (Lipinski definition) is 3.